The number of alkyl halides is 4. The van der Waals surface area contributed by atoms with Crippen molar-refractivity contribution in [3.05, 3.63) is 47.5 Å². The Morgan fingerprint density at radius 2 is 1.84 bits per heavy atom. The SMILES string of the molecule is COC(=O)c1cnc(CC(=O)N[C@@H]2C[C@@H](F)CN2C(=O)OC(C)(C)C)cc1-c1ccc(C(F)(F)F)nc1. The molecule has 3 rings (SSSR count). The number of carbonyl (C=O) groups is 3. The Labute approximate surface area is 210 Å². The molecule has 1 N–H and O–H groups in total. The van der Waals surface area contributed by atoms with E-state index < -0.39 is 47.8 Å². The van der Waals surface area contributed by atoms with Gasteiger partial charge in [0.05, 0.1) is 31.3 Å². The van der Waals surface area contributed by atoms with Crippen LogP contribution in [0.25, 0.3) is 11.1 Å². The number of methoxy groups -OCH3 is 1. The molecule has 0 unspecified atom stereocenters. The largest absolute Gasteiger partial charge is 0.465 e. The number of aromatic nitrogens is 2. The summed E-state index contributed by atoms with van der Waals surface area (Å²) in [5.74, 6) is -1.38. The molecule has 37 heavy (non-hydrogen) atoms. The lowest BCUT2D eigenvalue weighted by Crippen LogP contribution is -2.49. The Balaban J connectivity index is 1.81. The molecule has 2 atom stereocenters. The Hall–Kier alpha value is -3.77. The first kappa shape index (κ1) is 27.8. The fourth-order valence-electron chi connectivity index (χ4n) is 3.67. The molecular formula is C24H26F4N4O5. The number of amides is 2. The first-order chi connectivity index (χ1) is 17.2. The van der Waals surface area contributed by atoms with Crippen LogP contribution in [0.4, 0.5) is 22.4 Å². The molecule has 3 heterocycles. The molecule has 0 aromatic carbocycles. The second kappa shape index (κ2) is 10.7. The fourth-order valence-corrected chi connectivity index (χ4v) is 3.67. The quantitative estimate of drug-likeness (QED) is 0.465. The van der Waals surface area contributed by atoms with Crippen LogP contribution in [0.2, 0.25) is 0 Å². The lowest BCUT2D eigenvalue weighted by molar-refractivity contribution is -0.141. The molecule has 1 aliphatic heterocycles. The summed E-state index contributed by atoms with van der Waals surface area (Å²) in [5, 5.41) is 2.58. The smallest absolute Gasteiger partial charge is 0.433 e. The van der Waals surface area contributed by atoms with E-state index in [1.807, 2.05) is 0 Å². The number of esters is 1. The van der Waals surface area contributed by atoms with Gasteiger partial charge in [-0.3, -0.25) is 19.7 Å². The summed E-state index contributed by atoms with van der Waals surface area (Å²) >= 11 is 0. The number of rotatable bonds is 5. The third-order valence-electron chi connectivity index (χ3n) is 5.28. The van der Waals surface area contributed by atoms with Crippen molar-refractivity contribution < 1.29 is 41.4 Å². The van der Waals surface area contributed by atoms with E-state index >= 15 is 0 Å². The van der Waals surface area contributed by atoms with E-state index in [-0.39, 0.29) is 41.8 Å². The van der Waals surface area contributed by atoms with Gasteiger partial charge in [0.15, 0.2) is 0 Å². The number of likely N-dealkylation sites (tertiary alicyclic amines) is 1. The van der Waals surface area contributed by atoms with Gasteiger partial charge < -0.3 is 14.8 Å². The van der Waals surface area contributed by atoms with Gasteiger partial charge in [0.25, 0.3) is 0 Å². The van der Waals surface area contributed by atoms with Gasteiger partial charge in [-0.25, -0.2) is 14.0 Å². The number of halogens is 4. The Morgan fingerprint density at radius 3 is 2.41 bits per heavy atom. The summed E-state index contributed by atoms with van der Waals surface area (Å²) in [7, 11) is 1.13. The number of hydrogen-bond donors (Lipinski definition) is 1. The van der Waals surface area contributed by atoms with Crippen LogP contribution in [0, 0.1) is 0 Å². The minimum absolute atomic E-state index is 0.0413. The molecule has 2 aromatic heterocycles. The van der Waals surface area contributed by atoms with E-state index in [1.54, 1.807) is 20.8 Å². The molecule has 2 amide bonds. The summed E-state index contributed by atoms with van der Waals surface area (Å²) < 4.78 is 62.7. The normalized spacial score (nSPS) is 17.9. The molecule has 0 saturated carbocycles. The van der Waals surface area contributed by atoms with Crippen LogP contribution in [0.5, 0.6) is 0 Å². The molecule has 9 nitrogen and oxygen atoms in total. The maximum atomic E-state index is 14.1. The van der Waals surface area contributed by atoms with Gasteiger partial charge in [-0.1, -0.05) is 6.07 Å². The highest BCUT2D eigenvalue weighted by molar-refractivity contribution is 5.97. The molecule has 1 fully saturated rings. The van der Waals surface area contributed by atoms with Crippen molar-refractivity contribution >= 4 is 18.0 Å². The number of carbonyl (C=O) groups excluding carboxylic acids is 3. The van der Waals surface area contributed by atoms with Gasteiger partial charge in [-0.15, -0.1) is 0 Å². The minimum Gasteiger partial charge on any atom is -0.465 e. The van der Waals surface area contributed by atoms with Gasteiger partial charge in [0.2, 0.25) is 5.91 Å². The number of nitrogens with zero attached hydrogens (tertiary/aromatic N) is 3. The van der Waals surface area contributed by atoms with Crippen molar-refractivity contribution in [2.24, 2.45) is 0 Å². The Morgan fingerprint density at radius 1 is 1.14 bits per heavy atom. The fraction of sp³-hybridized carbons (Fsp3) is 0.458. The zero-order valence-corrected chi connectivity index (χ0v) is 20.6. The third-order valence-corrected chi connectivity index (χ3v) is 5.28. The van der Waals surface area contributed by atoms with Crippen LogP contribution in [0.15, 0.2) is 30.6 Å². The van der Waals surface area contributed by atoms with Crippen molar-refractivity contribution in [3.8, 4) is 11.1 Å². The van der Waals surface area contributed by atoms with E-state index in [1.165, 1.54) is 6.07 Å². The van der Waals surface area contributed by atoms with Crippen LogP contribution >= 0.6 is 0 Å². The van der Waals surface area contributed by atoms with Gasteiger partial charge in [0, 0.05) is 29.9 Å². The molecule has 0 radical (unpaired) electrons. The summed E-state index contributed by atoms with van der Waals surface area (Å²) in [5.41, 5.74) is -1.47. The molecule has 0 bridgehead atoms. The molecule has 13 heteroatoms. The Kier molecular flexibility index (Phi) is 8.03. The first-order valence-corrected chi connectivity index (χ1v) is 11.2. The zero-order chi connectivity index (χ0) is 27.5. The van der Waals surface area contributed by atoms with E-state index in [0.717, 1.165) is 36.5 Å². The van der Waals surface area contributed by atoms with Crippen LogP contribution in [-0.2, 0) is 26.9 Å². The molecule has 200 valence electrons. The van der Waals surface area contributed by atoms with Crippen molar-refractivity contribution in [3.63, 3.8) is 0 Å². The van der Waals surface area contributed by atoms with E-state index in [4.69, 9.17) is 9.47 Å². The summed E-state index contributed by atoms with van der Waals surface area (Å²) in [4.78, 5) is 45.9. The van der Waals surface area contributed by atoms with Crippen LogP contribution in [-0.4, -0.2) is 64.4 Å². The van der Waals surface area contributed by atoms with Crippen LogP contribution in [0.3, 0.4) is 0 Å². The molecule has 1 saturated heterocycles. The second-order valence-corrected chi connectivity index (χ2v) is 9.37. The maximum Gasteiger partial charge on any atom is 0.433 e. The highest BCUT2D eigenvalue weighted by Gasteiger charge is 2.38. The lowest BCUT2D eigenvalue weighted by Gasteiger charge is -2.28. The molecule has 0 spiro atoms. The van der Waals surface area contributed by atoms with Crippen molar-refractivity contribution in [2.75, 3.05) is 13.7 Å². The van der Waals surface area contributed by atoms with Gasteiger partial charge in [-0.05, 0) is 32.9 Å². The van der Waals surface area contributed by atoms with Crippen molar-refractivity contribution in [1.29, 1.82) is 0 Å². The molecule has 2 aromatic rings. The monoisotopic (exact) mass is 526 g/mol. The number of pyridine rings is 2. The van der Waals surface area contributed by atoms with E-state index in [9.17, 15) is 31.9 Å². The highest BCUT2D eigenvalue weighted by atomic mass is 19.4. The second-order valence-electron chi connectivity index (χ2n) is 9.37. The summed E-state index contributed by atoms with van der Waals surface area (Å²) in [6.07, 6.45) is -6.05. The molecule has 1 aliphatic rings. The average Bonchev–Trinajstić information content (AvgIpc) is 3.16. The van der Waals surface area contributed by atoms with E-state index in [0.29, 0.717) is 0 Å². The standard InChI is InChI=1S/C24H26F4N4O5/c1-23(2,3)37-22(35)32-12-14(25)7-19(32)31-20(33)9-15-8-16(17(11-29-15)21(34)36-4)13-5-6-18(30-10-13)24(26,27)28/h5-6,8,10-11,14,19H,7,9,12H2,1-4H3,(H,31,33)/t14-,19+/m1/s1. The number of hydrogen-bond acceptors (Lipinski definition) is 7. The highest BCUT2D eigenvalue weighted by Crippen LogP contribution is 2.30. The van der Waals surface area contributed by atoms with Crippen LogP contribution in [0.1, 0.15) is 48.9 Å². The topological polar surface area (TPSA) is 111 Å². The molecular weight excluding hydrogens is 500 g/mol. The Bertz CT molecular complexity index is 1170. The summed E-state index contributed by atoms with van der Waals surface area (Å²) in [6.45, 7) is 4.75. The number of ether oxygens (including phenoxy) is 2. The van der Waals surface area contributed by atoms with Gasteiger partial charge >= 0.3 is 18.2 Å². The molecule has 0 aliphatic carbocycles. The summed E-state index contributed by atoms with van der Waals surface area (Å²) in [6, 6.07) is 3.26. The maximum absolute atomic E-state index is 14.1. The van der Waals surface area contributed by atoms with Gasteiger partial charge in [0.1, 0.15) is 23.6 Å². The predicted molar refractivity (Wildman–Crippen MR) is 122 cm³/mol. The van der Waals surface area contributed by atoms with Crippen molar-refractivity contribution in [2.45, 2.75) is 57.7 Å². The lowest BCUT2D eigenvalue weighted by atomic mass is 10.0. The van der Waals surface area contributed by atoms with E-state index in [2.05, 4.69) is 15.3 Å². The first-order valence-electron chi connectivity index (χ1n) is 11.2. The number of nitrogens with one attached hydrogen (secondary N) is 1. The zero-order valence-electron chi connectivity index (χ0n) is 20.6. The minimum atomic E-state index is -4.64. The van der Waals surface area contributed by atoms with Crippen molar-refractivity contribution in [1.82, 2.24) is 20.2 Å². The van der Waals surface area contributed by atoms with Gasteiger partial charge in [-0.2, -0.15) is 13.2 Å². The van der Waals surface area contributed by atoms with Crippen LogP contribution < -0.4 is 5.32 Å². The average molecular weight is 526 g/mol. The third kappa shape index (κ3) is 7.14. The predicted octanol–water partition coefficient (Wildman–Crippen LogP) is 3.91.